The summed E-state index contributed by atoms with van der Waals surface area (Å²) < 4.78 is 38.8. The van der Waals surface area contributed by atoms with Crippen LogP contribution in [0.4, 0.5) is 24.8 Å². The second-order valence-corrected chi connectivity index (χ2v) is 7.33. The molecular formula is C13H19F3N4S. The minimum atomic E-state index is -4.54. The van der Waals surface area contributed by atoms with Crippen LogP contribution in [0.25, 0.3) is 0 Å². The number of alkyl halides is 3. The summed E-state index contributed by atoms with van der Waals surface area (Å²) in [6, 6.07) is 1.57. The van der Waals surface area contributed by atoms with Crippen LogP contribution in [-0.4, -0.2) is 40.6 Å². The Morgan fingerprint density at radius 1 is 1.29 bits per heavy atom. The fraction of sp³-hybridized carbons (Fsp3) is 0.692. The van der Waals surface area contributed by atoms with Crippen LogP contribution in [0.2, 0.25) is 0 Å². The fourth-order valence-corrected chi connectivity index (χ4v) is 3.20. The van der Waals surface area contributed by atoms with Gasteiger partial charge in [-0.05, 0) is 6.42 Å². The average Bonchev–Trinajstić information content (AvgIpc) is 2.58. The van der Waals surface area contributed by atoms with E-state index < -0.39 is 12.0 Å². The van der Waals surface area contributed by atoms with Gasteiger partial charge in [0.05, 0.1) is 0 Å². The molecule has 2 heterocycles. The maximum absolute atomic E-state index is 12.9. The molecule has 21 heavy (non-hydrogen) atoms. The van der Waals surface area contributed by atoms with E-state index in [9.17, 15) is 13.2 Å². The van der Waals surface area contributed by atoms with Crippen molar-refractivity contribution >= 4 is 23.4 Å². The summed E-state index contributed by atoms with van der Waals surface area (Å²) in [6.07, 6.45) is -3.64. The molecule has 0 saturated carbocycles. The van der Waals surface area contributed by atoms with Crippen molar-refractivity contribution in [2.24, 2.45) is 0 Å². The van der Waals surface area contributed by atoms with Gasteiger partial charge < -0.3 is 10.2 Å². The van der Waals surface area contributed by atoms with Gasteiger partial charge in [0.1, 0.15) is 11.6 Å². The fourth-order valence-electron chi connectivity index (χ4n) is 2.10. The number of aromatic nitrogens is 2. The Labute approximate surface area is 126 Å². The molecule has 1 aliphatic rings. The second kappa shape index (κ2) is 5.90. The number of rotatable bonds is 2. The van der Waals surface area contributed by atoms with Crippen molar-refractivity contribution in [3.05, 3.63) is 11.9 Å². The summed E-state index contributed by atoms with van der Waals surface area (Å²) in [5.74, 6) is 0.289. The zero-order valence-electron chi connectivity index (χ0n) is 12.3. The molecule has 8 heteroatoms. The van der Waals surface area contributed by atoms with Crippen molar-refractivity contribution in [3.63, 3.8) is 0 Å². The predicted molar refractivity (Wildman–Crippen MR) is 79.9 cm³/mol. The van der Waals surface area contributed by atoms with E-state index in [0.717, 1.165) is 12.2 Å². The number of hydrogen-bond acceptors (Lipinski definition) is 5. The van der Waals surface area contributed by atoms with Crippen LogP contribution in [0.15, 0.2) is 6.07 Å². The molecule has 0 bridgehead atoms. The molecule has 0 aromatic carbocycles. The Morgan fingerprint density at radius 3 is 2.62 bits per heavy atom. The maximum Gasteiger partial charge on any atom is 0.451 e. The highest BCUT2D eigenvalue weighted by molar-refractivity contribution is 8.00. The molecule has 1 N–H and O–H groups in total. The van der Waals surface area contributed by atoms with E-state index in [1.165, 1.54) is 0 Å². The highest BCUT2D eigenvalue weighted by Gasteiger charge is 2.36. The quantitative estimate of drug-likeness (QED) is 0.906. The molecular weight excluding hydrogens is 301 g/mol. The first kappa shape index (κ1) is 16.2. The van der Waals surface area contributed by atoms with Crippen molar-refractivity contribution < 1.29 is 13.2 Å². The van der Waals surface area contributed by atoms with Crippen LogP contribution >= 0.6 is 11.8 Å². The van der Waals surface area contributed by atoms with Gasteiger partial charge in [-0.25, -0.2) is 9.97 Å². The summed E-state index contributed by atoms with van der Waals surface area (Å²) in [6.45, 7) is 5.69. The predicted octanol–water partition coefficient (Wildman–Crippen LogP) is 3.26. The highest BCUT2D eigenvalue weighted by Crippen LogP contribution is 2.33. The molecule has 1 aromatic heterocycles. The maximum atomic E-state index is 12.9. The van der Waals surface area contributed by atoms with Crippen LogP contribution in [0.1, 0.15) is 26.1 Å². The largest absolute Gasteiger partial charge is 0.451 e. The number of thioether (sulfide) groups is 1. The zero-order valence-corrected chi connectivity index (χ0v) is 13.1. The molecule has 0 radical (unpaired) electrons. The molecule has 0 amide bonds. The number of nitrogens with zero attached hydrogens (tertiary/aromatic N) is 3. The van der Waals surface area contributed by atoms with Gasteiger partial charge in [0.25, 0.3) is 0 Å². The van der Waals surface area contributed by atoms with Crippen molar-refractivity contribution in [1.82, 2.24) is 9.97 Å². The molecule has 2 rings (SSSR count). The van der Waals surface area contributed by atoms with Crippen molar-refractivity contribution in [3.8, 4) is 0 Å². The number of nitrogens with one attached hydrogen (secondary N) is 1. The third-order valence-electron chi connectivity index (χ3n) is 3.38. The SMILES string of the molecule is CNc1cc(N2CCSC(C)(C)CC2)nc(C(F)(F)F)n1. The van der Waals surface area contributed by atoms with E-state index in [0.29, 0.717) is 18.9 Å². The van der Waals surface area contributed by atoms with E-state index in [1.807, 2.05) is 16.7 Å². The first-order valence-electron chi connectivity index (χ1n) is 6.74. The van der Waals surface area contributed by atoms with Gasteiger partial charge in [-0.3, -0.25) is 0 Å². The number of halogens is 3. The van der Waals surface area contributed by atoms with E-state index in [1.54, 1.807) is 13.1 Å². The lowest BCUT2D eigenvalue weighted by molar-refractivity contribution is -0.144. The molecule has 0 atom stereocenters. The smallest absolute Gasteiger partial charge is 0.373 e. The number of hydrogen-bond donors (Lipinski definition) is 1. The molecule has 1 saturated heterocycles. The van der Waals surface area contributed by atoms with Crippen molar-refractivity contribution in [2.45, 2.75) is 31.2 Å². The molecule has 1 aliphatic heterocycles. The first-order chi connectivity index (χ1) is 9.71. The third kappa shape index (κ3) is 4.15. The minimum absolute atomic E-state index is 0.139. The van der Waals surface area contributed by atoms with Gasteiger partial charge in [0, 0.05) is 36.7 Å². The molecule has 0 aliphatic carbocycles. The molecule has 1 fully saturated rings. The summed E-state index contributed by atoms with van der Waals surface area (Å²) in [4.78, 5) is 9.10. The van der Waals surface area contributed by atoms with Gasteiger partial charge in [0.2, 0.25) is 5.82 Å². The Hall–Kier alpha value is -1.18. The minimum Gasteiger partial charge on any atom is -0.373 e. The topological polar surface area (TPSA) is 41.0 Å². The van der Waals surface area contributed by atoms with Crippen LogP contribution in [0.5, 0.6) is 0 Å². The van der Waals surface area contributed by atoms with Crippen molar-refractivity contribution in [1.29, 1.82) is 0 Å². The highest BCUT2D eigenvalue weighted by atomic mass is 32.2. The second-order valence-electron chi connectivity index (χ2n) is 5.53. The zero-order chi connectivity index (χ0) is 15.7. The molecule has 118 valence electrons. The summed E-state index contributed by atoms with van der Waals surface area (Å²) in [7, 11) is 1.55. The van der Waals surface area contributed by atoms with E-state index in [-0.39, 0.29) is 10.6 Å². The van der Waals surface area contributed by atoms with Crippen molar-refractivity contribution in [2.75, 3.05) is 36.1 Å². The van der Waals surface area contributed by atoms with E-state index in [2.05, 4.69) is 29.1 Å². The summed E-state index contributed by atoms with van der Waals surface area (Å²) >= 11 is 1.84. The van der Waals surface area contributed by atoms with Crippen LogP contribution in [0, 0.1) is 0 Å². The van der Waals surface area contributed by atoms with Crippen LogP contribution < -0.4 is 10.2 Å². The average molecular weight is 320 g/mol. The number of anilines is 2. The Balaban J connectivity index is 2.30. The standard InChI is InChI=1S/C13H19F3N4S/c1-12(2)4-5-20(6-7-21-12)10-8-9(17-3)18-11(19-10)13(14,15)16/h8H,4-7H2,1-3H3,(H,17,18,19). The van der Waals surface area contributed by atoms with Gasteiger partial charge in [-0.15, -0.1) is 0 Å². The van der Waals surface area contributed by atoms with Crippen LogP contribution in [0.3, 0.4) is 0 Å². The van der Waals surface area contributed by atoms with Gasteiger partial charge in [0.15, 0.2) is 0 Å². The van der Waals surface area contributed by atoms with Gasteiger partial charge in [-0.1, -0.05) is 13.8 Å². The lowest BCUT2D eigenvalue weighted by Crippen LogP contribution is -2.29. The molecule has 1 aromatic rings. The third-order valence-corrected chi connectivity index (χ3v) is 4.76. The van der Waals surface area contributed by atoms with E-state index >= 15 is 0 Å². The molecule has 0 unspecified atom stereocenters. The van der Waals surface area contributed by atoms with Crippen LogP contribution in [-0.2, 0) is 6.18 Å². The Bertz CT molecular complexity index is 505. The monoisotopic (exact) mass is 320 g/mol. The lowest BCUT2D eigenvalue weighted by atomic mass is 10.1. The summed E-state index contributed by atoms with van der Waals surface area (Å²) in [5, 5.41) is 2.67. The first-order valence-corrected chi connectivity index (χ1v) is 7.73. The molecule has 0 spiro atoms. The van der Waals surface area contributed by atoms with E-state index in [4.69, 9.17) is 0 Å². The Kier molecular flexibility index (Phi) is 4.55. The summed E-state index contributed by atoms with van der Waals surface area (Å²) in [5.41, 5.74) is 0. The molecule has 4 nitrogen and oxygen atoms in total. The lowest BCUT2D eigenvalue weighted by Gasteiger charge is -2.24. The van der Waals surface area contributed by atoms with Gasteiger partial charge in [-0.2, -0.15) is 24.9 Å². The Morgan fingerprint density at radius 2 is 2.00 bits per heavy atom. The van der Waals surface area contributed by atoms with Gasteiger partial charge >= 0.3 is 6.18 Å². The normalized spacial score (nSPS) is 19.2.